The third kappa shape index (κ3) is 3.17. The van der Waals surface area contributed by atoms with Crippen molar-refractivity contribution in [3.63, 3.8) is 0 Å². The third-order valence-electron chi connectivity index (χ3n) is 4.96. The quantitative estimate of drug-likeness (QED) is 0.833. The van der Waals surface area contributed by atoms with Crippen molar-refractivity contribution < 1.29 is 4.39 Å². The number of hydrogen-bond donors (Lipinski definition) is 1. The first kappa shape index (κ1) is 13.1. The molecule has 0 bridgehead atoms. The summed E-state index contributed by atoms with van der Waals surface area (Å²) in [4.78, 5) is 0. The highest BCUT2D eigenvalue weighted by molar-refractivity contribution is 5.22. The molecule has 0 aromatic heterocycles. The van der Waals surface area contributed by atoms with E-state index in [0.29, 0.717) is 6.04 Å². The van der Waals surface area contributed by atoms with Crippen molar-refractivity contribution >= 4 is 0 Å². The van der Waals surface area contributed by atoms with Gasteiger partial charge in [0, 0.05) is 6.04 Å². The van der Waals surface area contributed by atoms with E-state index in [9.17, 15) is 4.39 Å². The van der Waals surface area contributed by atoms with Gasteiger partial charge in [0.1, 0.15) is 5.82 Å². The van der Waals surface area contributed by atoms with Gasteiger partial charge in [-0.05, 0) is 61.3 Å². The van der Waals surface area contributed by atoms with E-state index in [0.717, 1.165) is 24.3 Å². The molecule has 2 heteroatoms. The van der Waals surface area contributed by atoms with Crippen molar-refractivity contribution in [1.29, 1.82) is 0 Å². The fraction of sp³-hybridized carbons (Fsp3) is 0.647. The molecule has 1 N–H and O–H groups in total. The number of nitrogens with one attached hydrogen (secondary N) is 1. The van der Waals surface area contributed by atoms with E-state index in [1.54, 1.807) is 12.1 Å². The van der Waals surface area contributed by atoms with Crippen LogP contribution in [0.1, 0.15) is 50.6 Å². The fourth-order valence-corrected chi connectivity index (χ4v) is 3.46. The van der Waals surface area contributed by atoms with Gasteiger partial charge in [0.15, 0.2) is 0 Å². The molecule has 0 aliphatic heterocycles. The molecule has 104 valence electrons. The molecule has 0 heterocycles. The molecular formula is C17H24FN. The molecule has 1 aromatic rings. The summed E-state index contributed by atoms with van der Waals surface area (Å²) in [6, 6.07) is 7.51. The van der Waals surface area contributed by atoms with E-state index >= 15 is 0 Å². The van der Waals surface area contributed by atoms with Gasteiger partial charge in [-0.1, -0.05) is 31.9 Å². The van der Waals surface area contributed by atoms with Gasteiger partial charge in [0.25, 0.3) is 0 Å². The summed E-state index contributed by atoms with van der Waals surface area (Å²) in [6.07, 6.45) is 6.77. The Balaban J connectivity index is 1.63. The summed E-state index contributed by atoms with van der Waals surface area (Å²) in [5.41, 5.74) is 1.26. The molecule has 0 saturated heterocycles. The van der Waals surface area contributed by atoms with E-state index in [4.69, 9.17) is 0 Å². The van der Waals surface area contributed by atoms with Crippen LogP contribution < -0.4 is 5.32 Å². The summed E-state index contributed by atoms with van der Waals surface area (Å²) >= 11 is 0. The van der Waals surface area contributed by atoms with Crippen molar-refractivity contribution in [2.45, 2.75) is 45.1 Å². The van der Waals surface area contributed by atoms with Crippen LogP contribution in [-0.4, -0.2) is 6.54 Å². The van der Waals surface area contributed by atoms with Crippen molar-refractivity contribution in [3.05, 3.63) is 35.6 Å². The van der Waals surface area contributed by atoms with Crippen LogP contribution in [0.2, 0.25) is 0 Å². The number of rotatable bonds is 5. The van der Waals surface area contributed by atoms with E-state index < -0.39 is 0 Å². The van der Waals surface area contributed by atoms with Crippen LogP contribution in [0.15, 0.2) is 24.3 Å². The molecule has 1 nitrogen and oxygen atoms in total. The maximum Gasteiger partial charge on any atom is 0.123 e. The first-order valence-corrected chi connectivity index (χ1v) is 7.73. The van der Waals surface area contributed by atoms with Crippen molar-refractivity contribution in [1.82, 2.24) is 5.32 Å². The minimum absolute atomic E-state index is 0.136. The minimum atomic E-state index is -0.136. The van der Waals surface area contributed by atoms with Gasteiger partial charge in [-0.15, -0.1) is 0 Å². The van der Waals surface area contributed by atoms with Crippen LogP contribution in [0.4, 0.5) is 4.39 Å². The molecule has 1 aromatic carbocycles. The number of benzene rings is 1. The minimum Gasteiger partial charge on any atom is -0.309 e. The molecule has 2 aliphatic carbocycles. The van der Waals surface area contributed by atoms with Crippen molar-refractivity contribution in [3.8, 4) is 0 Å². The average molecular weight is 261 g/mol. The van der Waals surface area contributed by atoms with Gasteiger partial charge in [-0.3, -0.25) is 0 Å². The standard InChI is InChI=1S/C17H24FN/c1-12-3-2-4-15(12)11-19-17(13-5-6-13)14-7-9-16(18)10-8-14/h7-10,12-13,15,17,19H,2-6,11H2,1H3. The Kier molecular flexibility index (Phi) is 3.88. The normalized spacial score (nSPS) is 28.5. The molecule has 19 heavy (non-hydrogen) atoms. The van der Waals surface area contributed by atoms with Crippen molar-refractivity contribution in [2.75, 3.05) is 6.54 Å². The van der Waals surface area contributed by atoms with E-state index in [-0.39, 0.29) is 5.82 Å². The first-order valence-electron chi connectivity index (χ1n) is 7.73. The van der Waals surface area contributed by atoms with Crippen LogP contribution in [0.25, 0.3) is 0 Å². The SMILES string of the molecule is CC1CCCC1CNC(c1ccc(F)cc1)C1CC1. The maximum absolute atomic E-state index is 13.0. The molecular weight excluding hydrogens is 237 g/mol. The lowest BCUT2D eigenvalue weighted by molar-refractivity contribution is 0.355. The Labute approximate surface area is 115 Å². The molecule has 0 spiro atoms. The van der Waals surface area contributed by atoms with Gasteiger partial charge < -0.3 is 5.32 Å². The largest absolute Gasteiger partial charge is 0.309 e. The smallest absolute Gasteiger partial charge is 0.123 e. The van der Waals surface area contributed by atoms with Crippen molar-refractivity contribution in [2.24, 2.45) is 17.8 Å². The highest BCUT2D eigenvalue weighted by Gasteiger charge is 2.33. The summed E-state index contributed by atoms with van der Waals surface area (Å²) in [5, 5.41) is 3.77. The van der Waals surface area contributed by atoms with Gasteiger partial charge in [0.05, 0.1) is 0 Å². The first-order chi connectivity index (χ1) is 9.24. The average Bonchev–Trinajstić information content (AvgIpc) is 3.16. The lowest BCUT2D eigenvalue weighted by atomic mass is 9.96. The second-order valence-electron chi connectivity index (χ2n) is 6.44. The molecule has 2 aliphatic rings. The van der Waals surface area contributed by atoms with Gasteiger partial charge >= 0.3 is 0 Å². The second kappa shape index (κ2) is 5.62. The number of halogens is 1. The zero-order chi connectivity index (χ0) is 13.2. The highest BCUT2D eigenvalue weighted by Crippen LogP contribution is 2.41. The summed E-state index contributed by atoms with van der Waals surface area (Å²) in [6.45, 7) is 3.50. The third-order valence-corrected chi connectivity index (χ3v) is 4.96. The van der Waals surface area contributed by atoms with Crippen LogP contribution in [-0.2, 0) is 0 Å². The van der Waals surface area contributed by atoms with Gasteiger partial charge in [-0.25, -0.2) is 4.39 Å². The summed E-state index contributed by atoms with van der Waals surface area (Å²) < 4.78 is 13.0. The van der Waals surface area contributed by atoms with Crippen LogP contribution in [0.3, 0.4) is 0 Å². The summed E-state index contributed by atoms with van der Waals surface area (Å²) in [5.74, 6) is 2.33. The Morgan fingerprint density at radius 1 is 1.16 bits per heavy atom. The molecule has 3 unspecified atom stereocenters. The monoisotopic (exact) mass is 261 g/mol. The maximum atomic E-state index is 13.0. The molecule has 3 rings (SSSR count). The topological polar surface area (TPSA) is 12.0 Å². The Morgan fingerprint density at radius 3 is 2.47 bits per heavy atom. The zero-order valence-corrected chi connectivity index (χ0v) is 11.7. The van der Waals surface area contributed by atoms with Crippen LogP contribution in [0.5, 0.6) is 0 Å². The zero-order valence-electron chi connectivity index (χ0n) is 11.7. The Hall–Kier alpha value is -0.890. The van der Waals surface area contributed by atoms with E-state index in [1.807, 2.05) is 12.1 Å². The highest BCUT2D eigenvalue weighted by atomic mass is 19.1. The molecule has 0 radical (unpaired) electrons. The van der Waals surface area contributed by atoms with Crippen LogP contribution >= 0.6 is 0 Å². The lowest BCUT2D eigenvalue weighted by Crippen LogP contribution is -2.29. The molecule has 2 saturated carbocycles. The Morgan fingerprint density at radius 2 is 1.89 bits per heavy atom. The van der Waals surface area contributed by atoms with E-state index in [2.05, 4.69) is 12.2 Å². The van der Waals surface area contributed by atoms with E-state index in [1.165, 1.54) is 37.7 Å². The molecule has 2 fully saturated rings. The predicted molar refractivity (Wildman–Crippen MR) is 76.4 cm³/mol. The number of hydrogen-bond acceptors (Lipinski definition) is 1. The van der Waals surface area contributed by atoms with Crippen LogP contribution in [0, 0.1) is 23.6 Å². The van der Waals surface area contributed by atoms with Gasteiger partial charge in [-0.2, -0.15) is 0 Å². The fourth-order valence-electron chi connectivity index (χ4n) is 3.46. The molecule has 3 atom stereocenters. The lowest BCUT2D eigenvalue weighted by Gasteiger charge is -2.23. The van der Waals surface area contributed by atoms with Gasteiger partial charge in [0.2, 0.25) is 0 Å². The second-order valence-corrected chi connectivity index (χ2v) is 6.44. The molecule has 0 amide bonds. The summed E-state index contributed by atoms with van der Waals surface area (Å²) in [7, 11) is 0. The Bertz CT molecular complexity index is 410. The predicted octanol–water partition coefficient (Wildman–Crippen LogP) is 4.30.